The van der Waals surface area contributed by atoms with Crippen LogP contribution in [-0.4, -0.2) is 14.9 Å². The maximum Gasteiger partial charge on any atom is 0.105 e. The standard InChI is InChI=1S/C10H17BrN2/c1-9(3-5-11)4-7-13-8-6-12-10(13)2/h6,8-9H,3-5,7H2,1-2H3. The number of hydrogen-bond acceptors (Lipinski definition) is 1. The number of hydrogen-bond donors (Lipinski definition) is 0. The average molecular weight is 245 g/mol. The average Bonchev–Trinajstić information content (AvgIpc) is 2.48. The number of rotatable bonds is 5. The minimum atomic E-state index is 0.793. The number of aryl methyl sites for hydroxylation is 2. The Balaban J connectivity index is 2.30. The molecule has 0 aliphatic heterocycles. The fraction of sp³-hybridized carbons (Fsp3) is 0.700. The number of aromatic nitrogens is 2. The van der Waals surface area contributed by atoms with E-state index in [1.54, 1.807) is 0 Å². The Morgan fingerprint density at radius 1 is 1.54 bits per heavy atom. The molecule has 0 saturated carbocycles. The summed E-state index contributed by atoms with van der Waals surface area (Å²) in [7, 11) is 0. The van der Waals surface area contributed by atoms with Gasteiger partial charge in [0, 0.05) is 24.3 Å². The molecule has 0 aliphatic carbocycles. The molecule has 0 saturated heterocycles. The van der Waals surface area contributed by atoms with Crippen LogP contribution in [0.25, 0.3) is 0 Å². The van der Waals surface area contributed by atoms with Crippen LogP contribution < -0.4 is 0 Å². The Kier molecular flexibility index (Phi) is 4.50. The van der Waals surface area contributed by atoms with Crippen LogP contribution in [0.1, 0.15) is 25.6 Å². The van der Waals surface area contributed by atoms with E-state index >= 15 is 0 Å². The summed E-state index contributed by atoms with van der Waals surface area (Å²) in [4.78, 5) is 4.19. The molecule has 0 bridgehead atoms. The van der Waals surface area contributed by atoms with Gasteiger partial charge in [0.25, 0.3) is 0 Å². The van der Waals surface area contributed by atoms with E-state index in [-0.39, 0.29) is 0 Å². The van der Waals surface area contributed by atoms with Crippen LogP contribution >= 0.6 is 15.9 Å². The van der Waals surface area contributed by atoms with E-state index in [1.807, 2.05) is 6.20 Å². The Morgan fingerprint density at radius 2 is 2.31 bits per heavy atom. The lowest BCUT2D eigenvalue weighted by Gasteiger charge is -2.10. The third kappa shape index (κ3) is 3.51. The third-order valence-corrected chi connectivity index (χ3v) is 2.85. The van der Waals surface area contributed by atoms with Gasteiger partial charge >= 0.3 is 0 Å². The van der Waals surface area contributed by atoms with Crippen LogP contribution in [0.5, 0.6) is 0 Å². The number of nitrogens with zero attached hydrogens (tertiary/aromatic N) is 2. The van der Waals surface area contributed by atoms with Crippen LogP contribution in [0.4, 0.5) is 0 Å². The summed E-state index contributed by atoms with van der Waals surface area (Å²) < 4.78 is 2.21. The highest BCUT2D eigenvalue weighted by molar-refractivity contribution is 9.09. The van der Waals surface area contributed by atoms with E-state index in [0.29, 0.717) is 0 Å². The minimum Gasteiger partial charge on any atom is -0.335 e. The monoisotopic (exact) mass is 244 g/mol. The van der Waals surface area contributed by atoms with Crippen LogP contribution in [0.15, 0.2) is 12.4 Å². The molecule has 0 aliphatic rings. The van der Waals surface area contributed by atoms with Gasteiger partial charge < -0.3 is 4.57 Å². The molecular formula is C10H17BrN2. The lowest BCUT2D eigenvalue weighted by molar-refractivity contribution is 0.468. The molecule has 1 atom stereocenters. The second-order valence-corrected chi connectivity index (χ2v) is 4.33. The molecule has 0 aromatic carbocycles. The SMILES string of the molecule is Cc1nccn1CCC(C)CCBr. The first-order valence-electron chi connectivity index (χ1n) is 4.77. The zero-order valence-electron chi connectivity index (χ0n) is 8.33. The molecule has 1 rings (SSSR count). The van der Waals surface area contributed by atoms with Gasteiger partial charge in [0.2, 0.25) is 0 Å². The number of alkyl halides is 1. The molecular weight excluding hydrogens is 228 g/mol. The summed E-state index contributed by atoms with van der Waals surface area (Å²) >= 11 is 3.46. The van der Waals surface area contributed by atoms with Crippen molar-refractivity contribution in [3.63, 3.8) is 0 Å². The third-order valence-electron chi connectivity index (χ3n) is 2.39. The summed E-state index contributed by atoms with van der Waals surface area (Å²) in [6.45, 7) is 5.45. The van der Waals surface area contributed by atoms with Crippen molar-refractivity contribution in [2.24, 2.45) is 5.92 Å². The van der Waals surface area contributed by atoms with Gasteiger partial charge in [0.15, 0.2) is 0 Å². The van der Waals surface area contributed by atoms with Gasteiger partial charge in [0.1, 0.15) is 5.82 Å². The van der Waals surface area contributed by atoms with Gasteiger partial charge in [-0.25, -0.2) is 4.98 Å². The lowest BCUT2D eigenvalue weighted by atomic mass is 10.1. The molecule has 0 fully saturated rings. The second-order valence-electron chi connectivity index (χ2n) is 3.54. The van der Waals surface area contributed by atoms with E-state index in [0.717, 1.165) is 23.6 Å². The predicted molar refractivity (Wildman–Crippen MR) is 59.2 cm³/mol. The first-order valence-corrected chi connectivity index (χ1v) is 5.90. The molecule has 13 heavy (non-hydrogen) atoms. The van der Waals surface area contributed by atoms with Crippen molar-refractivity contribution in [2.45, 2.75) is 33.2 Å². The Hall–Kier alpha value is -0.310. The second kappa shape index (κ2) is 5.43. The largest absolute Gasteiger partial charge is 0.335 e. The Morgan fingerprint density at radius 3 is 2.85 bits per heavy atom. The molecule has 74 valence electrons. The normalized spacial score (nSPS) is 13.2. The zero-order chi connectivity index (χ0) is 9.68. The summed E-state index contributed by atoms with van der Waals surface area (Å²) in [5.41, 5.74) is 0. The van der Waals surface area contributed by atoms with Crippen molar-refractivity contribution < 1.29 is 0 Å². The van der Waals surface area contributed by atoms with Crippen molar-refractivity contribution in [1.82, 2.24) is 9.55 Å². The van der Waals surface area contributed by atoms with Gasteiger partial charge in [-0.1, -0.05) is 22.9 Å². The molecule has 3 heteroatoms. The maximum atomic E-state index is 4.19. The molecule has 1 unspecified atom stereocenters. The first-order chi connectivity index (χ1) is 6.24. The first kappa shape index (κ1) is 10.8. The van der Waals surface area contributed by atoms with Crippen molar-refractivity contribution in [2.75, 3.05) is 5.33 Å². The fourth-order valence-corrected chi connectivity index (χ4v) is 2.11. The lowest BCUT2D eigenvalue weighted by Crippen LogP contribution is -2.04. The predicted octanol–water partition coefficient (Wildman–Crippen LogP) is 3.00. The van der Waals surface area contributed by atoms with Crippen molar-refractivity contribution in [3.8, 4) is 0 Å². The molecule has 1 heterocycles. The summed E-state index contributed by atoms with van der Waals surface area (Å²) in [6, 6.07) is 0. The van der Waals surface area contributed by atoms with Gasteiger partial charge in [-0.2, -0.15) is 0 Å². The minimum absolute atomic E-state index is 0.793. The van der Waals surface area contributed by atoms with Gasteiger partial charge in [-0.15, -0.1) is 0 Å². The van der Waals surface area contributed by atoms with Crippen molar-refractivity contribution in [1.29, 1.82) is 0 Å². The van der Waals surface area contributed by atoms with Gasteiger partial charge in [0.05, 0.1) is 0 Å². The van der Waals surface area contributed by atoms with Crippen LogP contribution in [0, 0.1) is 12.8 Å². The van der Waals surface area contributed by atoms with Gasteiger partial charge in [-0.3, -0.25) is 0 Å². The molecule has 2 nitrogen and oxygen atoms in total. The summed E-state index contributed by atoms with van der Waals surface area (Å²) in [6.07, 6.45) is 6.41. The summed E-state index contributed by atoms with van der Waals surface area (Å²) in [5.74, 6) is 1.91. The molecule has 0 spiro atoms. The fourth-order valence-electron chi connectivity index (χ4n) is 1.33. The highest BCUT2D eigenvalue weighted by atomic mass is 79.9. The van der Waals surface area contributed by atoms with Crippen LogP contribution in [-0.2, 0) is 6.54 Å². The maximum absolute atomic E-state index is 4.19. The molecule has 0 radical (unpaired) electrons. The van der Waals surface area contributed by atoms with Crippen molar-refractivity contribution >= 4 is 15.9 Å². The highest BCUT2D eigenvalue weighted by Crippen LogP contribution is 2.11. The molecule has 1 aromatic heterocycles. The van der Waals surface area contributed by atoms with E-state index in [9.17, 15) is 0 Å². The quantitative estimate of drug-likeness (QED) is 0.729. The molecule has 1 aromatic rings. The molecule has 0 amide bonds. The zero-order valence-corrected chi connectivity index (χ0v) is 9.92. The number of halogens is 1. The van der Waals surface area contributed by atoms with E-state index < -0.39 is 0 Å². The van der Waals surface area contributed by atoms with Crippen molar-refractivity contribution in [3.05, 3.63) is 18.2 Å². The smallest absolute Gasteiger partial charge is 0.105 e. The number of imidazole rings is 1. The van der Waals surface area contributed by atoms with E-state index in [2.05, 4.69) is 45.5 Å². The van der Waals surface area contributed by atoms with Gasteiger partial charge in [-0.05, 0) is 25.7 Å². The van der Waals surface area contributed by atoms with Crippen LogP contribution in [0.2, 0.25) is 0 Å². The Labute approximate surface area is 88.5 Å². The Bertz CT molecular complexity index is 245. The topological polar surface area (TPSA) is 17.8 Å². The summed E-state index contributed by atoms with van der Waals surface area (Å²) in [5, 5.41) is 1.11. The molecule has 0 N–H and O–H groups in total. The van der Waals surface area contributed by atoms with Crippen LogP contribution in [0.3, 0.4) is 0 Å². The highest BCUT2D eigenvalue weighted by Gasteiger charge is 2.02. The van der Waals surface area contributed by atoms with E-state index in [1.165, 1.54) is 12.8 Å². The van der Waals surface area contributed by atoms with E-state index in [4.69, 9.17) is 0 Å².